The first-order valence-electron chi connectivity index (χ1n) is 4.73. The van der Waals surface area contributed by atoms with E-state index in [1.165, 1.54) is 0 Å². The van der Waals surface area contributed by atoms with Crippen LogP contribution in [0, 0.1) is 0 Å². The third-order valence-electron chi connectivity index (χ3n) is 1.14. The average molecular weight is 254 g/mol. The predicted molar refractivity (Wildman–Crippen MR) is 70.8 cm³/mol. The summed E-state index contributed by atoms with van der Waals surface area (Å²) in [6.45, 7) is 9.58. The van der Waals surface area contributed by atoms with Crippen LogP contribution in [0.3, 0.4) is 0 Å². The molecule has 0 fully saturated rings. The SMILES string of the molecule is CCN=CNP(=S)(OCC)SC(C)C. The van der Waals surface area contributed by atoms with E-state index in [2.05, 4.69) is 23.9 Å². The van der Waals surface area contributed by atoms with Crippen LogP contribution in [0.25, 0.3) is 0 Å². The summed E-state index contributed by atoms with van der Waals surface area (Å²) in [5, 5.41) is 3.57. The normalized spacial score (nSPS) is 16.1. The van der Waals surface area contributed by atoms with E-state index in [1.807, 2.05) is 13.8 Å². The van der Waals surface area contributed by atoms with Crippen LogP contribution in [0.5, 0.6) is 0 Å². The maximum Gasteiger partial charge on any atom is 0.211 e. The fourth-order valence-corrected chi connectivity index (χ4v) is 6.56. The summed E-state index contributed by atoms with van der Waals surface area (Å²) in [4.78, 5) is 4.08. The fourth-order valence-electron chi connectivity index (χ4n) is 0.748. The molecule has 0 aliphatic heterocycles. The van der Waals surface area contributed by atoms with Crippen LogP contribution in [0.15, 0.2) is 4.99 Å². The van der Waals surface area contributed by atoms with E-state index in [1.54, 1.807) is 17.7 Å². The number of hydrogen-bond donors (Lipinski definition) is 1. The van der Waals surface area contributed by atoms with E-state index in [4.69, 9.17) is 16.3 Å². The molecule has 0 aromatic rings. The highest BCUT2D eigenvalue weighted by atomic mass is 32.9. The predicted octanol–water partition coefficient (Wildman–Crippen LogP) is 3.03. The fraction of sp³-hybridized carbons (Fsp3) is 0.875. The van der Waals surface area contributed by atoms with Crippen LogP contribution in [-0.4, -0.2) is 24.7 Å². The van der Waals surface area contributed by atoms with Crippen molar-refractivity contribution in [2.45, 2.75) is 32.9 Å². The van der Waals surface area contributed by atoms with E-state index < -0.39 is 5.62 Å². The lowest BCUT2D eigenvalue weighted by Gasteiger charge is -2.22. The van der Waals surface area contributed by atoms with E-state index in [9.17, 15) is 0 Å². The van der Waals surface area contributed by atoms with Gasteiger partial charge < -0.3 is 9.61 Å². The molecule has 14 heavy (non-hydrogen) atoms. The lowest BCUT2D eigenvalue weighted by molar-refractivity contribution is 0.383. The standard InChI is InChI=1S/C8H19N2OPS2/c1-5-9-7-10-12(13,11-6-2)14-8(3)4/h7-8H,5-6H2,1-4H3,(H,9,10,13). The van der Waals surface area contributed by atoms with Crippen LogP contribution in [0.2, 0.25) is 0 Å². The Bertz CT molecular complexity index is 221. The van der Waals surface area contributed by atoms with Crippen molar-refractivity contribution >= 4 is 35.1 Å². The van der Waals surface area contributed by atoms with Crippen LogP contribution in [-0.2, 0) is 16.3 Å². The monoisotopic (exact) mass is 254 g/mol. The molecule has 0 heterocycles. The quantitative estimate of drug-likeness (QED) is 0.430. The summed E-state index contributed by atoms with van der Waals surface area (Å²) in [6, 6.07) is 0. The minimum Gasteiger partial charge on any atom is -0.327 e. The van der Waals surface area contributed by atoms with Gasteiger partial charge in [0, 0.05) is 11.8 Å². The third-order valence-corrected chi connectivity index (χ3v) is 7.00. The summed E-state index contributed by atoms with van der Waals surface area (Å²) in [7, 11) is 0. The maximum absolute atomic E-state index is 5.57. The molecule has 0 amide bonds. The van der Waals surface area contributed by atoms with Gasteiger partial charge in [-0.3, -0.25) is 4.99 Å². The molecule has 3 nitrogen and oxygen atoms in total. The highest BCUT2D eigenvalue weighted by molar-refractivity contribution is 8.69. The molecule has 0 spiro atoms. The lowest BCUT2D eigenvalue weighted by Crippen LogP contribution is -2.09. The summed E-state index contributed by atoms with van der Waals surface area (Å²) in [5.41, 5.74) is -1.95. The molecule has 1 unspecified atom stereocenters. The van der Waals surface area contributed by atoms with Crippen LogP contribution >= 0.6 is 17.0 Å². The Labute approximate surface area is 96.0 Å². The molecular weight excluding hydrogens is 235 g/mol. The van der Waals surface area contributed by atoms with E-state index in [0.29, 0.717) is 11.9 Å². The number of nitrogens with zero attached hydrogens (tertiary/aromatic N) is 1. The van der Waals surface area contributed by atoms with Crippen LogP contribution in [0.4, 0.5) is 0 Å². The van der Waals surface area contributed by atoms with Gasteiger partial charge in [0.15, 0.2) is 0 Å². The van der Waals surface area contributed by atoms with Gasteiger partial charge in [-0.1, -0.05) is 25.2 Å². The molecule has 0 aromatic carbocycles. The van der Waals surface area contributed by atoms with Gasteiger partial charge in [0.05, 0.1) is 12.9 Å². The minimum absolute atomic E-state index is 0.468. The Morgan fingerprint density at radius 3 is 2.64 bits per heavy atom. The van der Waals surface area contributed by atoms with Gasteiger partial charge in [-0.2, -0.15) is 0 Å². The number of hydrogen-bond acceptors (Lipinski definition) is 4. The zero-order chi connectivity index (χ0) is 11.0. The molecular formula is C8H19N2OPS2. The Morgan fingerprint density at radius 1 is 1.57 bits per heavy atom. The summed E-state index contributed by atoms with van der Waals surface area (Å²) < 4.78 is 5.57. The molecule has 1 atom stereocenters. The van der Waals surface area contributed by atoms with Gasteiger partial charge in [0.25, 0.3) is 0 Å². The van der Waals surface area contributed by atoms with Crippen LogP contribution in [0.1, 0.15) is 27.7 Å². The topological polar surface area (TPSA) is 33.6 Å². The van der Waals surface area contributed by atoms with Gasteiger partial charge in [-0.25, -0.2) is 0 Å². The molecule has 6 heteroatoms. The van der Waals surface area contributed by atoms with Gasteiger partial charge in [-0.15, -0.1) is 0 Å². The first kappa shape index (κ1) is 14.4. The van der Waals surface area contributed by atoms with Crippen molar-refractivity contribution in [1.82, 2.24) is 5.09 Å². The summed E-state index contributed by atoms with van der Waals surface area (Å²) >= 11 is 7.12. The zero-order valence-electron chi connectivity index (χ0n) is 9.19. The molecule has 0 bridgehead atoms. The molecule has 0 radical (unpaired) electrons. The second-order valence-corrected chi connectivity index (χ2v) is 9.90. The summed E-state index contributed by atoms with van der Waals surface area (Å²) in [6.07, 6.45) is 1.67. The zero-order valence-corrected chi connectivity index (χ0v) is 11.7. The highest BCUT2D eigenvalue weighted by Crippen LogP contribution is 2.57. The van der Waals surface area contributed by atoms with Gasteiger partial charge >= 0.3 is 0 Å². The Kier molecular flexibility index (Phi) is 7.92. The maximum atomic E-state index is 5.57. The number of nitrogens with one attached hydrogen (secondary N) is 1. The van der Waals surface area contributed by atoms with Crippen molar-refractivity contribution < 1.29 is 4.52 Å². The molecule has 0 aliphatic carbocycles. The van der Waals surface area contributed by atoms with Crippen molar-refractivity contribution in [2.24, 2.45) is 4.99 Å². The Morgan fingerprint density at radius 2 is 2.21 bits per heavy atom. The number of rotatable bonds is 7. The Hall–Kier alpha value is 0.430. The van der Waals surface area contributed by atoms with Crippen LogP contribution < -0.4 is 5.09 Å². The molecule has 0 rings (SSSR count). The second-order valence-electron chi connectivity index (χ2n) is 2.83. The second kappa shape index (κ2) is 7.69. The molecule has 0 aliphatic rings. The van der Waals surface area contributed by atoms with Crippen molar-refractivity contribution in [2.75, 3.05) is 13.2 Å². The molecule has 0 saturated carbocycles. The van der Waals surface area contributed by atoms with Gasteiger partial charge in [0.2, 0.25) is 5.62 Å². The molecule has 0 saturated heterocycles. The van der Waals surface area contributed by atoms with Gasteiger partial charge in [-0.05, 0) is 25.7 Å². The lowest BCUT2D eigenvalue weighted by atomic mass is 10.6. The van der Waals surface area contributed by atoms with Gasteiger partial charge in [0.1, 0.15) is 0 Å². The average Bonchev–Trinajstić information content (AvgIpc) is 2.03. The van der Waals surface area contributed by atoms with E-state index >= 15 is 0 Å². The number of aliphatic imine (C=N–C) groups is 1. The largest absolute Gasteiger partial charge is 0.327 e. The minimum atomic E-state index is -1.95. The first-order valence-corrected chi connectivity index (χ1v) is 8.93. The highest BCUT2D eigenvalue weighted by Gasteiger charge is 2.18. The molecule has 0 aromatic heterocycles. The molecule has 84 valence electrons. The van der Waals surface area contributed by atoms with E-state index in [-0.39, 0.29) is 0 Å². The van der Waals surface area contributed by atoms with Crippen molar-refractivity contribution in [3.8, 4) is 0 Å². The summed E-state index contributed by atoms with van der Waals surface area (Å²) in [5.74, 6) is 0. The van der Waals surface area contributed by atoms with E-state index in [0.717, 1.165) is 6.54 Å². The molecule has 1 N–H and O–H groups in total. The van der Waals surface area contributed by atoms with Crippen molar-refractivity contribution in [3.05, 3.63) is 0 Å². The smallest absolute Gasteiger partial charge is 0.211 e. The first-order chi connectivity index (χ1) is 6.54. The third kappa shape index (κ3) is 6.82. The van der Waals surface area contributed by atoms with Crippen molar-refractivity contribution in [3.63, 3.8) is 0 Å². The Balaban J connectivity index is 4.24. The van der Waals surface area contributed by atoms with Crippen molar-refractivity contribution in [1.29, 1.82) is 0 Å².